The molecule has 0 heterocycles. The maximum atomic E-state index is 4.14. The Labute approximate surface area is 110 Å². The van der Waals surface area contributed by atoms with Crippen molar-refractivity contribution in [1.29, 1.82) is 0 Å². The lowest BCUT2D eigenvalue weighted by molar-refractivity contribution is 0.821. The number of aliphatic imine (C=N–C) groups is 1. The third-order valence-electron chi connectivity index (χ3n) is 2.63. The van der Waals surface area contributed by atoms with Gasteiger partial charge < -0.3 is 10.6 Å². The van der Waals surface area contributed by atoms with E-state index in [2.05, 4.69) is 54.3 Å². The Bertz CT molecular complexity index is 401. The third kappa shape index (κ3) is 5.04. The van der Waals surface area contributed by atoms with E-state index >= 15 is 0 Å². The van der Waals surface area contributed by atoms with Gasteiger partial charge in [0, 0.05) is 20.1 Å². The highest BCUT2D eigenvalue weighted by molar-refractivity contribution is 5.79. The van der Waals surface area contributed by atoms with Gasteiger partial charge in [-0.2, -0.15) is 0 Å². The summed E-state index contributed by atoms with van der Waals surface area (Å²) in [5, 5.41) is 6.43. The molecule has 0 aliphatic heterocycles. The second kappa shape index (κ2) is 7.54. The van der Waals surface area contributed by atoms with Crippen LogP contribution in [0.25, 0.3) is 0 Å². The highest BCUT2D eigenvalue weighted by Crippen LogP contribution is 2.08. The Hall–Kier alpha value is -1.77. The zero-order valence-corrected chi connectivity index (χ0v) is 11.6. The fraction of sp³-hybridized carbons (Fsp3) is 0.400. The summed E-state index contributed by atoms with van der Waals surface area (Å²) < 4.78 is 0. The number of aryl methyl sites for hydroxylation is 2. The molecule has 0 atom stereocenters. The molecular weight excluding hydrogens is 222 g/mol. The molecule has 0 saturated carbocycles. The van der Waals surface area contributed by atoms with Crippen LogP contribution in [0.1, 0.15) is 16.7 Å². The molecule has 18 heavy (non-hydrogen) atoms. The molecule has 3 heteroatoms. The van der Waals surface area contributed by atoms with E-state index < -0.39 is 0 Å². The van der Waals surface area contributed by atoms with Crippen LogP contribution in [0.5, 0.6) is 0 Å². The highest BCUT2D eigenvalue weighted by atomic mass is 15.2. The van der Waals surface area contributed by atoms with Gasteiger partial charge in [0.05, 0.1) is 0 Å². The van der Waals surface area contributed by atoms with E-state index in [0.29, 0.717) is 0 Å². The van der Waals surface area contributed by atoms with Gasteiger partial charge >= 0.3 is 0 Å². The average Bonchev–Trinajstić information content (AvgIpc) is 2.32. The molecule has 0 bridgehead atoms. The summed E-state index contributed by atoms with van der Waals surface area (Å²) in [5.41, 5.74) is 4.00. The number of nitrogens with one attached hydrogen (secondary N) is 2. The van der Waals surface area contributed by atoms with Crippen molar-refractivity contribution in [3.8, 4) is 0 Å². The minimum absolute atomic E-state index is 0.725. The summed E-state index contributed by atoms with van der Waals surface area (Å²) in [6.07, 6.45) is 2.81. The van der Waals surface area contributed by atoms with E-state index in [-0.39, 0.29) is 0 Å². The number of benzene rings is 1. The summed E-state index contributed by atoms with van der Waals surface area (Å²) in [5.74, 6) is 0.819. The van der Waals surface area contributed by atoms with Crippen LogP contribution in [-0.4, -0.2) is 26.1 Å². The molecule has 98 valence electrons. The highest BCUT2D eigenvalue weighted by Gasteiger charge is 1.98. The van der Waals surface area contributed by atoms with Crippen LogP contribution in [-0.2, 0) is 6.42 Å². The Morgan fingerprint density at radius 1 is 1.22 bits per heavy atom. The largest absolute Gasteiger partial charge is 0.356 e. The molecule has 1 aromatic carbocycles. The maximum Gasteiger partial charge on any atom is 0.191 e. The summed E-state index contributed by atoms with van der Waals surface area (Å²) >= 11 is 0. The molecule has 0 aliphatic carbocycles. The third-order valence-corrected chi connectivity index (χ3v) is 2.63. The van der Waals surface area contributed by atoms with Gasteiger partial charge in [0.25, 0.3) is 0 Å². The molecule has 1 rings (SSSR count). The van der Waals surface area contributed by atoms with Crippen molar-refractivity contribution in [2.75, 3.05) is 20.1 Å². The normalized spacial score (nSPS) is 11.2. The fourth-order valence-corrected chi connectivity index (χ4v) is 1.93. The lowest BCUT2D eigenvalue weighted by Crippen LogP contribution is -2.38. The smallest absolute Gasteiger partial charge is 0.191 e. The first-order chi connectivity index (χ1) is 8.65. The maximum absolute atomic E-state index is 4.14. The minimum atomic E-state index is 0.725. The standard InChI is InChI=1S/C15H23N3/c1-5-7-17-15(16-4)18-8-6-14-10-12(2)9-13(3)11-14/h5,9-11H,1,6-8H2,2-4H3,(H2,16,17,18). The Morgan fingerprint density at radius 3 is 2.44 bits per heavy atom. The summed E-state index contributed by atoms with van der Waals surface area (Å²) in [6.45, 7) is 9.54. The van der Waals surface area contributed by atoms with Gasteiger partial charge in [-0.1, -0.05) is 35.4 Å². The van der Waals surface area contributed by atoms with Gasteiger partial charge in [-0.05, 0) is 25.8 Å². The van der Waals surface area contributed by atoms with E-state index in [9.17, 15) is 0 Å². The number of hydrogen-bond donors (Lipinski definition) is 2. The van der Waals surface area contributed by atoms with E-state index in [1.165, 1.54) is 16.7 Å². The summed E-state index contributed by atoms with van der Waals surface area (Å²) in [4.78, 5) is 4.14. The van der Waals surface area contributed by atoms with Gasteiger partial charge in [-0.3, -0.25) is 4.99 Å². The van der Waals surface area contributed by atoms with Crippen molar-refractivity contribution in [3.63, 3.8) is 0 Å². The predicted octanol–water partition coefficient (Wildman–Crippen LogP) is 2.20. The molecule has 0 spiro atoms. The van der Waals surface area contributed by atoms with E-state index in [1.54, 1.807) is 7.05 Å². The quantitative estimate of drug-likeness (QED) is 0.474. The Balaban J connectivity index is 2.43. The SMILES string of the molecule is C=CCNC(=NC)NCCc1cc(C)cc(C)c1. The number of hydrogen-bond acceptors (Lipinski definition) is 1. The Morgan fingerprint density at radius 2 is 1.89 bits per heavy atom. The van der Waals surface area contributed by atoms with Crippen LogP contribution in [0.2, 0.25) is 0 Å². The molecule has 0 aliphatic rings. The first kappa shape index (κ1) is 14.3. The average molecular weight is 245 g/mol. The minimum Gasteiger partial charge on any atom is -0.356 e. The van der Waals surface area contributed by atoms with Gasteiger partial charge in [0.1, 0.15) is 0 Å². The van der Waals surface area contributed by atoms with E-state index in [1.807, 2.05) is 6.08 Å². The molecule has 0 radical (unpaired) electrons. The fourth-order valence-electron chi connectivity index (χ4n) is 1.93. The van der Waals surface area contributed by atoms with E-state index in [0.717, 1.165) is 25.5 Å². The molecule has 0 fully saturated rings. The molecular formula is C15H23N3. The molecule has 3 nitrogen and oxygen atoms in total. The summed E-state index contributed by atoms with van der Waals surface area (Å²) in [6, 6.07) is 6.66. The monoisotopic (exact) mass is 245 g/mol. The van der Waals surface area contributed by atoms with Crippen LogP contribution in [0, 0.1) is 13.8 Å². The van der Waals surface area contributed by atoms with Gasteiger partial charge in [-0.25, -0.2) is 0 Å². The first-order valence-electron chi connectivity index (χ1n) is 6.28. The number of guanidine groups is 1. The van der Waals surface area contributed by atoms with E-state index in [4.69, 9.17) is 0 Å². The lowest BCUT2D eigenvalue weighted by Gasteiger charge is -2.11. The van der Waals surface area contributed by atoms with Crippen molar-refractivity contribution < 1.29 is 0 Å². The van der Waals surface area contributed by atoms with Crippen LogP contribution >= 0.6 is 0 Å². The van der Waals surface area contributed by atoms with Crippen LogP contribution in [0.15, 0.2) is 35.8 Å². The van der Waals surface area contributed by atoms with Gasteiger partial charge in [0.2, 0.25) is 0 Å². The van der Waals surface area contributed by atoms with Crippen molar-refractivity contribution >= 4 is 5.96 Å². The molecule has 0 saturated heterocycles. The Kier molecular flexibility index (Phi) is 5.98. The van der Waals surface area contributed by atoms with Crippen LogP contribution < -0.4 is 10.6 Å². The van der Waals surface area contributed by atoms with Crippen molar-refractivity contribution in [2.45, 2.75) is 20.3 Å². The van der Waals surface area contributed by atoms with Crippen molar-refractivity contribution in [2.24, 2.45) is 4.99 Å². The molecule has 2 N–H and O–H groups in total. The first-order valence-corrected chi connectivity index (χ1v) is 6.28. The second-order valence-corrected chi connectivity index (χ2v) is 4.41. The zero-order chi connectivity index (χ0) is 13.4. The zero-order valence-electron chi connectivity index (χ0n) is 11.6. The van der Waals surface area contributed by atoms with Gasteiger partial charge in [0.15, 0.2) is 5.96 Å². The lowest BCUT2D eigenvalue weighted by atomic mass is 10.1. The number of rotatable bonds is 5. The van der Waals surface area contributed by atoms with Crippen LogP contribution in [0.4, 0.5) is 0 Å². The molecule has 0 aromatic heterocycles. The number of nitrogens with zero attached hydrogens (tertiary/aromatic N) is 1. The molecule has 0 amide bonds. The predicted molar refractivity (Wildman–Crippen MR) is 79.2 cm³/mol. The van der Waals surface area contributed by atoms with Crippen LogP contribution in [0.3, 0.4) is 0 Å². The topological polar surface area (TPSA) is 36.4 Å². The van der Waals surface area contributed by atoms with Gasteiger partial charge in [-0.15, -0.1) is 6.58 Å². The summed E-state index contributed by atoms with van der Waals surface area (Å²) in [7, 11) is 1.77. The second-order valence-electron chi connectivity index (χ2n) is 4.41. The van der Waals surface area contributed by atoms with Crippen molar-refractivity contribution in [3.05, 3.63) is 47.5 Å². The van der Waals surface area contributed by atoms with Crippen molar-refractivity contribution in [1.82, 2.24) is 10.6 Å². The molecule has 1 aromatic rings. The molecule has 0 unspecified atom stereocenters.